The molecule has 2 rings (SSSR count). The Balaban J connectivity index is 2.05. The number of hydrogen-bond acceptors (Lipinski definition) is 5. The van der Waals surface area contributed by atoms with Crippen LogP contribution < -0.4 is 15.8 Å². The number of nitrogens with one attached hydrogen (secondary N) is 1. The molecule has 7 nitrogen and oxygen atoms in total. The average Bonchev–Trinajstić information content (AvgIpc) is 2.84. The Morgan fingerprint density at radius 3 is 2.71 bits per heavy atom. The van der Waals surface area contributed by atoms with Gasteiger partial charge in [0.1, 0.15) is 11.5 Å². The van der Waals surface area contributed by atoms with Crippen molar-refractivity contribution in [2.45, 2.75) is 20.0 Å². The van der Waals surface area contributed by atoms with Crippen molar-refractivity contribution >= 4 is 17.6 Å². The van der Waals surface area contributed by atoms with E-state index in [1.54, 1.807) is 38.1 Å². The van der Waals surface area contributed by atoms with Gasteiger partial charge in [-0.15, -0.1) is 0 Å². The number of primary amides is 1. The van der Waals surface area contributed by atoms with Crippen LogP contribution in [0.2, 0.25) is 0 Å². The van der Waals surface area contributed by atoms with Crippen LogP contribution >= 0.6 is 0 Å². The number of anilines is 1. The van der Waals surface area contributed by atoms with E-state index in [0.29, 0.717) is 11.6 Å². The molecule has 0 radical (unpaired) electrons. The molecular weight excluding hydrogens is 274 g/mol. The molecule has 1 aromatic heterocycles. The predicted molar refractivity (Wildman–Crippen MR) is 74.9 cm³/mol. The number of amides is 2. The maximum Gasteiger partial charge on any atom is 0.266 e. The Labute approximate surface area is 121 Å². The highest BCUT2D eigenvalue weighted by Gasteiger charge is 2.18. The van der Waals surface area contributed by atoms with Gasteiger partial charge < -0.3 is 20.3 Å². The zero-order valence-electron chi connectivity index (χ0n) is 11.6. The Kier molecular flexibility index (Phi) is 4.22. The maximum atomic E-state index is 12.0. The topological polar surface area (TPSA) is 107 Å². The van der Waals surface area contributed by atoms with Crippen LogP contribution in [0.5, 0.6) is 5.75 Å². The number of carbonyl (C=O) groups is 2. The molecule has 1 heterocycles. The van der Waals surface area contributed by atoms with Crippen molar-refractivity contribution in [3.63, 3.8) is 0 Å². The standard InChI is InChI=1S/C14H15N3O4/c1-8-7-12(17-21-8)16-14(19)9(2)20-11-6-4-3-5-10(11)13(15)18/h3-7,9H,1-2H3,(H2,15,18)(H,16,17,19). The number of benzene rings is 1. The van der Waals surface area contributed by atoms with E-state index in [1.165, 1.54) is 6.07 Å². The number of aromatic nitrogens is 1. The number of hydrogen-bond donors (Lipinski definition) is 2. The third kappa shape index (κ3) is 3.59. The minimum absolute atomic E-state index is 0.217. The zero-order chi connectivity index (χ0) is 15.4. The first-order chi connectivity index (χ1) is 9.97. The lowest BCUT2D eigenvalue weighted by Gasteiger charge is -2.15. The summed E-state index contributed by atoms with van der Waals surface area (Å²) in [7, 11) is 0. The molecule has 0 fully saturated rings. The molecule has 2 aromatic rings. The molecule has 110 valence electrons. The van der Waals surface area contributed by atoms with Crippen molar-refractivity contribution in [3.05, 3.63) is 41.7 Å². The molecule has 7 heteroatoms. The number of nitrogens with zero attached hydrogens (tertiary/aromatic N) is 1. The fraction of sp³-hybridized carbons (Fsp3) is 0.214. The minimum atomic E-state index is -0.831. The van der Waals surface area contributed by atoms with Gasteiger partial charge in [-0.05, 0) is 26.0 Å². The number of nitrogens with two attached hydrogens (primary N) is 1. The second-order valence-corrected chi connectivity index (χ2v) is 4.43. The Bertz CT molecular complexity index is 666. The van der Waals surface area contributed by atoms with E-state index in [9.17, 15) is 9.59 Å². The molecule has 0 aliphatic heterocycles. The van der Waals surface area contributed by atoms with Crippen molar-refractivity contribution in [1.29, 1.82) is 0 Å². The first-order valence-corrected chi connectivity index (χ1v) is 6.27. The molecule has 0 aliphatic carbocycles. The van der Waals surface area contributed by atoms with Crippen molar-refractivity contribution in [1.82, 2.24) is 5.16 Å². The fourth-order valence-corrected chi connectivity index (χ4v) is 1.67. The van der Waals surface area contributed by atoms with Crippen LogP contribution in [-0.4, -0.2) is 23.1 Å². The first-order valence-electron chi connectivity index (χ1n) is 6.27. The highest BCUT2D eigenvalue weighted by atomic mass is 16.5. The molecule has 2 amide bonds. The SMILES string of the molecule is Cc1cc(NC(=O)C(C)Oc2ccccc2C(N)=O)no1. The largest absolute Gasteiger partial charge is 0.480 e. The van der Waals surface area contributed by atoms with Crippen molar-refractivity contribution < 1.29 is 18.8 Å². The smallest absolute Gasteiger partial charge is 0.266 e. The van der Waals surface area contributed by atoms with Crippen molar-refractivity contribution in [2.24, 2.45) is 5.73 Å². The van der Waals surface area contributed by atoms with Crippen LogP contribution in [-0.2, 0) is 4.79 Å². The quantitative estimate of drug-likeness (QED) is 0.867. The van der Waals surface area contributed by atoms with Gasteiger partial charge in [0, 0.05) is 6.07 Å². The summed E-state index contributed by atoms with van der Waals surface area (Å²) >= 11 is 0. The number of rotatable bonds is 5. The van der Waals surface area contributed by atoms with Crippen LogP contribution in [0.4, 0.5) is 5.82 Å². The van der Waals surface area contributed by atoms with E-state index in [0.717, 1.165) is 0 Å². The van der Waals surface area contributed by atoms with Crippen molar-refractivity contribution in [3.8, 4) is 5.75 Å². The Morgan fingerprint density at radius 1 is 1.38 bits per heavy atom. The highest BCUT2D eigenvalue weighted by molar-refractivity contribution is 5.96. The summed E-state index contributed by atoms with van der Waals surface area (Å²) in [5, 5.41) is 6.20. The van der Waals surface area contributed by atoms with Crippen LogP contribution in [0.25, 0.3) is 0 Å². The van der Waals surface area contributed by atoms with E-state index >= 15 is 0 Å². The second kappa shape index (κ2) is 6.08. The number of aryl methyl sites for hydroxylation is 1. The van der Waals surface area contributed by atoms with Crippen LogP contribution in [0, 0.1) is 6.92 Å². The second-order valence-electron chi connectivity index (χ2n) is 4.43. The summed E-state index contributed by atoms with van der Waals surface area (Å²) in [5.41, 5.74) is 5.47. The van der Waals surface area contributed by atoms with Gasteiger partial charge in [-0.3, -0.25) is 9.59 Å². The van der Waals surface area contributed by atoms with Gasteiger partial charge in [0.2, 0.25) is 0 Å². The van der Waals surface area contributed by atoms with Gasteiger partial charge in [-0.2, -0.15) is 0 Å². The lowest BCUT2D eigenvalue weighted by Crippen LogP contribution is -2.31. The average molecular weight is 289 g/mol. The van der Waals surface area contributed by atoms with Crippen LogP contribution in [0.3, 0.4) is 0 Å². The number of ether oxygens (including phenoxy) is 1. The normalized spacial score (nSPS) is 11.7. The van der Waals surface area contributed by atoms with Crippen LogP contribution in [0.15, 0.2) is 34.9 Å². The molecule has 0 aliphatic rings. The molecule has 0 saturated heterocycles. The van der Waals surface area contributed by atoms with Gasteiger partial charge >= 0.3 is 0 Å². The van der Waals surface area contributed by atoms with Gasteiger partial charge in [-0.25, -0.2) is 0 Å². The lowest BCUT2D eigenvalue weighted by molar-refractivity contribution is -0.122. The summed E-state index contributed by atoms with van der Waals surface area (Å²) < 4.78 is 10.3. The molecule has 3 N–H and O–H groups in total. The van der Waals surface area contributed by atoms with E-state index < -0.39 is 17.9 Å². The van der Waals surface area contributed by atoms with Gasteiger partial charge in [0.05, 0.1) is 5.56 Å². The third-order valence-corrected chi connectivity index (χ3v) is 2.70. The fourth-order valence-electron chi connectivity index (χ4n) is 1.67. The summed E-state index contributed by atoms with van der Waals surface area (Å²) in [6.07, 6.45) is -0.831. The molecule has 0 spiro atoms. The summed E-state index contributed by atoms with van der Waals surface area (Å²) in [6.45, 7) is 3.27. The summed E-state index contributed by atoms with van der Waals surface area (Å²) in [4.78, 5) is 23.3. The number of carbonyl (C=O) groups excluding carboxylic acids is 2. The molecular formula is C14H15N3O4. The highest BCUT2D eigenvalue weighted by Crippen LogP contribution is 2.19. The van der Waals surface area contributed by atoms with E-state index in [-0.39, 0.29) is 11.3 Å². The first kappa shape index (κ1) is 14.6. The molecule has 1 unspecified atom stereocenters. The molecule has 1 atom stereocenters. The van der Waals surface area contributed by atoms with E-state index in [4.69, 9.17) is 15.0 Å². The van der Waals surface area contributed by atoms with Gasteiger partial charge in [0.25, 0.3) is 11.8 Å². The van der Waals surface area contributed by atoms with Gasteiger partial charge in [0.15, 0.2) is 11.9 Å². The monoisotopic (exact) mass is 289 g/mol. The van der Waals surface area contributed by atoms with Crippen LogP contribution in [0.1, 0.15) is 23.0 Å². The molecule has 0 saturated carbocycles. The third-order valence-electron chi connectivity index (χ3n) is 2.70. The molecule has 0 bridgehead atoms. The summed E-state index contributed by atoms with van der Waals surface area (Å²) in [5.74, 6) is 0.103. The van der Waals surface area contributed by atoms with Gasteiger partial charge in [-0.1, -0.05) is 17.3 Å². The minimum Gasteiger partial charge on any atom is -0.480 e. The molecule has 1 aromatic carbocycles. The molecule has 21 heavy (non-hydrogen) atoms. The predicted octanol–water partition coefficient (Wildman–Crippen LogP) is 1.49. The Hall–Kier alpha value is -2.83. The van der Waals surface area contributed by atoms with Crippen molar-refractivity contribution in [2.75, 3.05) is 5.32 Å². The maximum absolute atomic E-state index is 12.0. The Morgan fingerprint density at radius 2 is 2.10 bits per heavy atom. The van der Waals surface area contributed by atoms with E-state index in [2.05, 4.69) is 10.5 Å². The van der Waals surface area contributed by atoms with E-state index in [1.807, 2.05) is 0 Å². The summed E-state index contributed by atoms with van der Waals surface area (Å²) in [6, 6.07) is 8.04. The zero-order valence-corrected chi connectivity index (χ0v) is 11.6. The number of para-hydroxylation sites is 1. The lowest BCUT2D eigenvalue weighted by atomic mass is 10.2.